The number of hydrazine groups is 1. The largest absolute Gasteiger partial charge is 0.294 e. The van der Waals surface area contributed by atoms with Gasteiger partial charge in [0.1, 0.15) is 11.3 Å². The molecule has 2 rings (SSSR count). The van der Waals surface area contributed by atoms with Crippen LogP contribution in [0.2, 0.25) is 5.02 Å². The Morgan fingerprint density at radius 3 is 3.00 bits per heavy atom. The van der Waals surface area contributed by atoms with E-state index in [2.05, 4.69) is 10.4 Å². The van der Waals surface area contributed by atoms with Crippen LogP contribution in [0.25, 0.3) is 5.65 Å². The number of pyridine rings is 1. The fourth-order valence-electron chi connectivity index (χ4n) is 1.62. The number of fused-ring (bicyclic) bond motifs is 1. The first-order chi connectivity index (χ1) is 7.67. The Bertz CT molecular complexity index is 549. The van der Waals surface area contributed by atoms with Crippen LogP contribution in [0.3, 0.4) is 0 Å². The second kappa shape index (κ2) is 4.11. The van der Waals surface area contributed by atoms with E-state index in [0.717, 1.165) is 0 Å². The Balaban J connectivity index is 2.75. The molecule has 5 nitrogen and oxygen atoms in total. The summed E-state index contributed by atoms with van der Waals surface area (Å²) in [7, 11) is 0. The predicted molar refractivity (Wildman–Crippen MR) is 61.2 cm³/mol. The van der Waals surface area contributed by atoms with E-state index in [9.17, 15) is 4.79 Å². The lowest BCUT2D eigenvalue weighted by atomic mass is 10.2. The Kier molecular flexibility index (Phi) is 2.80. The van der Waals surface area contributed by atoms with E-state index in [4.69, 9.17) is 17.4 Å². The Morgan fingerprint density at radius 1 is 1.62 bits per heavy atom. The molecule has 0 aromatic carbocycles. The van der Waals surface area contributed by atoms with Crippen molar-refractivity contribution in [1.82, 2.24) is 14.8 Å². The highest BCUT2D eigenvalue weighted by molar-refractivity contribution is 6.30. The first kappa shape index (κ1) is 10.9. The predicted octanol–water partition coefficient (Wildman–Crippen LogP) is 1.15. The molecule has 0 saturated heterocycles. The van der Waals surface area contributed by atoms with Gasteiger partial charge in [-0.05, 0) is 18.6 Å². The number of hydrogen-bond donors (Lipinski definition) is 2. The molecule has 2 aromatic rings. The van der Waals surface area contributed by atoms with Crippen LogP contribution >= 0.6 is 11.6 Å². The van der Waals surface area contributed by atoms with Gasteiger partial charge in [-0.3, -0.25) is 14.6 Å². The van der Waals surface area contributed by atoms with Crippen LogP contribution in [0.4, 0.5) is 0 Å². The molecular formula is C10H11ClN4O. The van der Waals surface area contributed by atoms with Gasteiger partial charge in [0.25, 0.3) is 5.91 Å². The summed E-state index contributed by atoms with van der Waals surface area (Å²) in [6, 6.07) is 3.49. The number of amides is 1. The van der Waals surface area contributed by atoms with Crippen LogP contribution in [-0.4, -0.2) is 15.3 Å². The van der Waals surface area contributed by atoms with E-state index >= 15 is 0 Å². The zero-order chi connectivity index (χ0) is 11.7. The van der Waals surface area contributed by atoms with Gasteiger partial charge in [-0.25, -0.2) is 10.8 Å². The quantitative estimate of drug-likeness (QED) is 0.468. The number of carbonyl (C=O) groups excluding carboxylic acids is 1. The molecule has 16 heavy (non-hydrogen) atoms. The fourth-order valence-corrected chi connectivity index (χ4v) is 1.78. The number of carbonyl (C=O) groups is 1. The highest BCUT2D eigenvalue weighted by Crippen LogP contribution is 2.16. The second-order valence-electron chi connectivity index (χ2n) is 3.31. The van der Waals surface area contributed by atoms with Crippen molar-refractivity contribution < 1.29 is 4.79 Å². The highest BCUT2D eigenvalue weighted by atomic mass is 35.5. The van der Waals surface area contributed by atoms with E-state index in [0.29, 0.717) is 28.5 Å². The zero-order valence-electron chi connectivity index (χ0n) is 8.70. The van der Waals surface area contributed by atoms with Crippen molar-refractivity contribution in [3.8, 4) is 0 Å². The average molecular weight is 239 g/mol. The van der Waals surface area contributed by atoms with Crippen LogP contribution in [-0.2, 0) is 6.42 Å². The van der Waals surface area contributed by atoms with Crippen LogP contribution in [0, 0.1) is 0 Å². The third kappa shape index (κ3) is 1.64. The number of nitrogen functional groups attached to an aromatic ring is 1. The Labute approximate surface area is 97.2 Å². The van der Waals surface area contributed by atoms with Gasteiger partial charge in [0.15, 0.2) is 0 Å². The van der Waals surface area contributed by atoms with Gasteiger partial charge in [0.2, 0.25) is 0 Å². The van der Waals surface area contributed by atoms with Crippen molar-refractivity contribution in [2.75, 3.05) is 0 Å². The normalized spacial score (nSPS) is 10.7. The molecule has 1 amide bonds. The molecule has 0 spiro atoms. The number of rotatable bonds is 2. The van der Waals surface area contributed by atoms with E-state index < -0.39 is 0 Å². The first-order valence-corrected chi connectivity index (χ1v) is 5.22. The van der Waals surface area contributed by atoms with Crippen LogP contribution in [0.1, 0.15) is 23.1 Å². The number of nitrogens with one attached hydrogen (secondary N) is 1. The van der Waals surface area contributed by atoms with Gasteiger partial charge in [-0.2, -0.15) is 0 Å². The molecule has 0 saturated carbocycles. The van der Waals surface area contributed by atoms with E-state index in [-0.39, 0.29) is 5.91 Å². The molecule has 0 bridgehead atoms. The number of halogens is 1. The van der Waals surface area contributed by atoms with Crippen molar-refractivity contribution in [3.63, 3.8) is 0 Å². The van der Waals surface area contributed by atoms with Gasteiger partial charge in [-0.1, -0.05) is 18.5 Å². The lowest BCUT2D eigenvalue weighted by Crippen LogP contribution is -2.31. The maximum atomic E-state index is 11.6. The second-order valence-corrected chi connectivity index (χ2v) is 3.75. The SMILES string of the molecule is CCc1nc2ccc(Cl)cn2c1C(=O)NN. The average Bonchev–Trinajstić information content (AvgIpc) is 2.65. The summed E-state index contributed by atoms with van der Waals surface area (Å²) in [5.41, 5.74) is 3.92. The molecule has 0 atom stereocenters. The zero-order valence-corrected chi connectivity index (χ0v) is 9.45. The maximum Gasteiger partial charge on any atom is 0.284 e. The summed E-state index contributed by atoms with van der Waals surface area (Å²) in [5.74, 6) is 4.77. The number of nitrogens with two attached hydrogens (primary N) is 1. The maximum absolute atomic E-state index is 11.6. The van der Waals surface area contributed by atoms with E-state index in [1.807, 2.05) is 6.92 Å². The third-order valence-corrected chi connectivity index (χ3v) is 2.56. The Morgan fingerprint density at radius 2 is 2.38 bits per heavy atom. The van der Waals surface area contributed by atoms with E-state index in [1.165, 1.54) is 0 Å². The highest BCUT2D eigenvalue weighted by Gasteiger charge is 2.17. The summed E-state index contributed by atoms with van der Waals surface area (Å²) in [4.78, 5) is 16.0. The smallest absolute Gasteiger partial charge is 0.284 e. The number of nitrogens with zero attached hydrogens (tertiary/aromatic N) is 2. The third-order valence-electron chi connectivity index (χ3n) is 2.34. The molecule has 2 heterocycles. The van der Waals surface area contributed by atoms with Gasteiger partial charge in [0, 0.05) is 6.20 Å². The van der Waals surface area contributed by atoms with Crippen molar-refractivity contribution in [2.45, 2.75) is 13.3 Å². The molecule has 2 aromatic heterocycles. The summed E-state index contributed by atoms with van der Waals surface area (Å²) in [5, 5.41) is 0.540. The molecule has 0 radical (unpaired) electrons. The summed E-state index contributed by atoms with van der Waals surface area (Å²) >= 11 is 5.88. The van der Waals surface area contributed by atoms with Crippen molar-refractivity contribution in [1.29, 1.82) is 0 Å². The minimum Gasteiger partial charge on any atom is -0.294 e. The van der Waals surface area contributed by atoms with Gasteiger partial charge in [-0.15, -0.1) is 0 Å². The molecule has 6 heteroatoms. The molecule has 0 aliphatic heterocycles. The minimum absolute atomic E-state index is 0.369. The van der Waals surface area contributed by atoms with Crippen molar-refractivity contribution in [3.05, 3.63) is 34.7 Å². The van der Waals surface area contributed by atoms with Gasteiger partial charge >= 0.3 is 0 Å². The lowest BCUT2D eigenvalue weighted by molar-refractivity contribution is 0.0947. The summed E-state index contributed by atoms with van der Waals surface area (Å²) in [6.07, 6.45) is 2.30. The Hall–Kier alpha value is -1.59. The standard InChI is InChI=1S/C10H11ClN4O/c1-2-7-9(10(16)14-12)15-5-6(11)3-4-8(15)13-7/h3-5H,2,12H2,1H3,(H,14,16). The number of aromatic nitrogens is 2. The van der Waals surface area contributed by atoms with E-state index in [1.54, 1.807) is 22.7 Å². The lowest BCUT2D eigenvalue weighted by Gasteiger charge is -2.02. The van der Waals surface area contributed by atoms with Crippen LogP contribution < -0.4 is 11.3 Å². The monoisotopic (exact) mass is 238 g/mol. The molecule has 3 N–H and O–H groups in total. The molecule has 84 valence electrons. The number of aryl methyl sites for hydroxylation is 1. The summed E-state index contributed by atoms with van der Waals surface area (Å²) in [6.45, 7) is 1.93. The molecule has 0 fully saturated rings. The van der Waals surface area contributed by atoms with Gasteiger partial charge in [0.05, 0.1) is 10.7 Å². The fraction of sp³-hybridized carbons (Fsp3) is 0.200. The molecule has 0 aliphatic rings. The van der Waals surface area contributed by atoms with Crippen molar-refractivity contribution >= 4 is 23.2 Å². The number of imidazole rings is 1. The topological polar surface area (TPSA) is 72.4 Å². The molecule has 0 unspecified atom stereocenters. The summed E-state index contributed by atoms with van der Waals surface area (Å²) < 4.78 is 1.64. The van der Waals surface area contributed by atoms with Crippen molar-refractivity contribution in [2.24, 2.45) is 5.84 Å². The minimum atomic E-state index is -0.369. The van der Waals surface area contributed by atoms with Gasteiger partial charge < -0.3 is 0 Å². The molecular weight excluding hydrogens is 228 g/mol. The molecule has 0 aliphatic carbocycles. The van der Waals surface area contributed by atoms with Crippen LogP contribution in [0.15, 0.2) is 18.3 Å². The first-order valence-electron chi connectivity index (χ1n) is 4.84. The van der Waals surface area contributed by atoms with Crippen LogP contribution in [0.5, 0.6) is 0 Å². The number of hydrogen-bond acceptors (Lipinski definition) is 3.